The third-order valence-electron chi connectivity index (χ3n) is 2.11. The second-order valence-corrected chi connectivity index (χ2v) is 3.88. The van der Waals surface area contributed by atoms with E-state index in [4.69, 9.17) is 5.11 Å². The van der Waals surface area contributed by atoms with Crippen molar-refractivity contribution >= 4 is 24.5 Å². The number of nitrogens with zero attached hydrogens (tertiary/aromatic N) is 1. The summed E-state index contributed by atoms with van der Waals surface area (Å²) in [6.45, 7) is 0. The first-order valence-electron chi connectivity index (χ1n) is 4.86. The van der Waals surface area contributed by atoms with Crippen LogP contribution >= 0.6 is 12.6 Å². The summed E-state index contributed by atoms with van der Waals surface area (Å²) < 4.78 is 0. The fraction of sp³-hybridized carbons (Fsp3) is 0. The van der Waals surface area contributed by atoms with Crippen molar-refractivity contribution in [1.82, 2.24) is 0 Å². The van der Waals surface area contributed by atoms with Crippen molar-refractivity contribution in [3.63, 3.8) is 0 Å². The fourth-order valence-electron chi connectivity index (χ4n) is 1.25. The molecule has 2 aromatic carbocycles. The number of phenolic OH excluding ortho intramolecular Hbond substituents is 1. The molecule has 0 aliphatic heterocycles. The van der Waals surface area contributed by atoms with Gasteiger partial charge in [-0.15, -0.1) is 12.6 Å². The van der Waals surface area contributed by atoms with Crippen LogP contribution in [-0.4, -0.2) is 11.3 Å². The number of rotatable bonds is 2. The summed E-state index contributed by atoms with van der Waals surface area (Å²) in [4.78, 5) is 5.23. The minimum Gasteiger partial charge on any atom is -0.508 e. The second-order valence-electron chi connectivity index (χ2n) is 3.37. The van der Waals surface area contributed by atoms with Crippen molar-refractivity contribution in [2.24, 2.45) is 4.99 Å². The molecule has 0 aliphatic carbocycles. The van der Waals surface area contributed by atoms with Crippen LogP contribution in [-0.2, 0) is 0 Å². The Hall–Kier alpha value is -1.74. The van der Waals surface area contributed by atoms with E-state index in [1.807, 2.05) is 36.4 Å². The van der Waals surface area contributed by atoms with Gasteiger partial charge in [-0.25, -0.2) is 0 Å². The molecule has 0 heterocycles. The third kappa shape index (κ3) is 2.87. The van der Waals surface area contributed by atoms with E-state index in [1.165, 1.54) is 0 Å². The predicted molar refractivity (Wildman–Crippen MR) is 69.1 cm³/mol. The first kappa shape index (κ1) is 10.8. The van der Waals surface area contributed by atoms with Crippen molar-refractivity contribution < 1.29 is 5.11 Å². The van der Waals surface area contributed by atoms with Gasteiger partial charge < -0.3 is 5.11 Å². The van der Waals surface area contributed by atoms with E-state index in [9.17, 15) is 0 Å². The number of aromatic hydroxyl groups is 1. The highest BCUT2D eigenvalue weighted by Crippen LogP contribution is 2.15. The molecule has 1 N–H and O–H groups in total. The number of phenols is 1. The van der Waals surface area contributed by atoms with E-state index in [-0.39, 0.29) is 5.75 Å². The van der Waals surface area contributed by atoms with E-state index in [1.54, 1.807) is 18.3 Å². The normalized spacial score (nSPS) is 10.8. The summed E-state index contributed by atoms with van der Waals surface area (Å²) in [5.41, 5.74) is 1.83. The summed E-state index contributed by atoms with van der Waals surface area (Å²) in [5.74, 6) is 0.261. The van der Waals surface area contributed by atoms with Gasteiger partial charge in [0.25, 0.3) is 0 Å². The Morgan fingerprint density at radius 1 is 0.938 bits per heavy atom. The third-order valence-corrected chi connectivity index (χ3v) is 2.40. The van der Waals surface area contributed by atoms with E-state index < -0.39 is 0 Å². The number of hydrogen-bond acceptors (Lipinski definition) is 3. The minimum atomic E-state index is 0.261. The first-order chi connectivity index (χ1) is 7.74. The minimum absolute atomic E-state index is 0.261. The smallest absolute Gasteiger partial charge is 0.115 e. The first-order valence-corrected chi connectivity index (χ1v) is 5.31. The summed E-state index contributed by atoms with van der Waals surface area (Å²) >= 11 is 4.20. The van der Waals surface area contributed by atoms with Crippen LogP contribution in [0.5, 0.6) is 5.75 Å². The molecule has 16 heavy (non-hydrogen) atoms. The molecule has 2 rings (SSSR count). The topological polar surface area (TPSA) is 32.6 Å². The summed E-state index contributed by atoms with van der Waals surface area (Å²) in [6, 6.07) is 14.5. The van der Waals surface area contributed by atoms with Crippen LogP contribution < -0.4 is 0 Å². The highest BCUT2D eigenvalue weighted by molar-refractivity contribution is 7.80. The van der Waals surface area contributed by atoms with Crippen LogP contribution in [0.25, 0.3) is 0 Å². The van der Waals surface area contributed by atoms with Crippen LogP contribution in [0.2, 0.25) is 0 Å². The molecule has 0 aliphatic rings. The molecule has 0 saturated carbocycles. The van der Waals surface area contributed by atoms with Gasteiger partial charge >= 0.3 is 0 Å². The van der Waals surface area contributed by atoms with Crippen molar-refractivity contribution in [2.45, 2.75) is 4.90 Å². The maximum atomic E-state index is 9.12. The van der Waals surface area contributed by atoms with Gasteiger partial charge in [-0.2, -0.15) is 0 Å². The zero-order chi connectivity index (χ0) is 11.4. The Balaban J connectivity index is 2.15. The molecule has 0 unspecified atom stereocenters. The van der Waals surface area contributed by atoms with E-state index in [0.717, 1.165) is 16.1 Å². The van der Waals surface area contributed by atoms with Crippen LogP contribution in [0.4, 0.5) is 5.69 Å². The lowest BCUT2D eigenvalue weighted by Crippen LogP contribution is -1.78. The van der Waals surface area contributed by atoms with E-state index in [0.29, 0.717) is 0 Å². The van der Waals surface area contributed by atoms with Crippen LogP contribution in [0.1, 0.15) is 5.56 Å². The molecule has 2 aromatic rings. The highest BCUT2D eigenvalue weighted by Gasteiger charge is 1.90. The monoisotopic (exact) mass is 229 g/mol. The van der Waals surface area contributed by atoms with Crippen LogP contribution in [0, 0.1) is 0 Å². The van der Waals surface area contributed by atoms with Crippen LogP contribution in [0.3, 0.4) is 0 Å². The van der Waals surface area contributed by atoms with Crippen LogP contribution in [0.15, 0.2) is 58.4 Å². The second kappa shape index (κ2) is 4.86. The number of thiol groups is 1. The number of hydrogen-bond donors (Lipinski definition) is 2. The van der Waals surface area contributed by atoms with Gasteiger partial charge in [-0.05, 0) is 54.1 Å². The lowest BCUT2D eigenvalue weighted by molar-refractivity contribution is 0.475. The van der Waals surface area contributed by atoms with Gasteiger partial charge in [0, 0.05) is 11.1 Å². The maximum Gasteiger partial charge on any atom is 0.115 e. The lowest BCUT2D eigenvalue weighted by atomic mass is 10.2. The summed E-state index contributed by atoms with van der Waals surface area (Å²) in [6.07, 6.45) is 1.76. The SMILES string of the molecule is Oc1ccc(C=Nc2ccc(S)cc2)cc1. The average Bonchev–Trinajstić information content (AvgIpc) is 2.30. The summed E-state index contributed by atoms with van der Waals surface area (Å²) in [7, 11) is 0. The van der Waals surface area contributed by atoms with Gasteiger partial charge in [0.05, 0.1) is 5.69 Å². The molecule has 0 spiro atoms. The Morgan fingerprint density at radius 3 is 2.19 bits per heavy atom. The molecule has 3 heteroatoms. The van der Waals surface area contributed by atoms with Crippen molar-refractivity contribution in [3.8, 4) is 5.75 Å². The molecule has 0 amide bonds. The van der Waals surface area contributed by atoms with E-state index in [2.05, 4.69) is 17.6 Å². The number of benzene rings is 2. The highest BCUT2D eigenvalue weighted by atomic mass is 32.1. The molecule has 0 saturated heterocycles. The van der Waals surface area contributed by atoms with Crippen molar-refractivity contribution in [3.05, 3.63) is 54.1 Å². The standard InChI is InChI=1S/C13H11NOS/c15-12-5-1-10(2-6-12)9-14-11-3-7-13(16)8-4-11/h1-9,15-16H. The molecule has 0 aromatic heterocycles. The lowest BCUT2D eigenvalue weighted by Gasteiger charge is -1.95. The largest absolute Gasteiger partial charge is 0.508 e. The molecule has 0 radical (unpaired) electrons. The van der Waals surface area contributed by atoms with Gasteiger partial charge in [-0.1, -0.05) is 0 Å². The maximum absolute atomic E-state index is 9.12. The van der Waals surface area contributed by atoms with Crippen molar-refractivity contribution in [2.75, 3.05) is 0 Å². The molecule has 80 valence electrons. The Morgan fingerprint density at radius 2 is 1.56 bits per heavy atom. The fourth-order valence-corrected chi connectivity index (χ4v) is 1.40. The molecule has 0 fully saturated rings. The number of aliphatic imine (C=N–C) groups is 1. The Bertz CT molecular complexity index is 441. The molecular weight excluding hydrogens is 218 g/mol. The zero-order valence-electron chi connectivity index (χ0n) is 8.54. The molecule has 0 atom stereocenters. The molecule has 2 nitrogen and oxygen atoms in total. The zero-order valence-corrected chi connectivity index (χ0v) is 9.43. The Labute approximate surface area is 99.7 Å². The average molecular weight is 229 g/mol. The molecule has 0 bridgehead atoms. The quantitative estimate of drug-likeness (QED) is 0.600. The molecular formula is C13H11NOS. The Kier molecular flexibility index (Phi) is 3.27. The predicted octanol–water partition coefficient (Wildman–Crippen LogP) is 3.43. The van der Waals surface area contributed by atoms with Crippen molar-refractivity contribution in [1.29, 1.82) is 0 Å². The van der Waals surface area contributed by atoms with Gasteiger partial charge in [-0.3, -0.25) is 4.99 Å². The van der Waals surface area contributed by atoms with Gasteiger partial charge in [0.1, 0.15) is 5.75 Å². The van der Waals surface area contributed by atoms with E-state index >= 15 is 0 Å². The summed E-state index contributed by atoms with van der Waals surface area (Å²) in [5, 5.41) is 9.12. The van der Waals surface area contributed by atoms with Gasteiger partial charge in [0.15, 0.2) is 0 Å². The van der Waals surface area contributed by atoms with Gasteiger partial charge in [0.2, 0.25) is 0 Å².